The van der Waals surface area contributed by atoms with E-state index < -0.39 is 17.6 Å². The van der Waals surface area contributed by atoms with E-state index in [0.717, 1.165) is 30.7 Å². The number of nitrogens with one attached hydrogen (secondary N) is 1. The van der Waals surface area contributed by atoms with Crippen molar-refractivity contribution in [1.82, 2.24) is 20.1 Å². The van der Waals surface area contributed by atoms with Crippen molar-refractivity contribution >= 4 is 11.6 Å². The molecule has 1 atom stereocenters. The van der Waals surface area contributed by atoms with Gasteiger partial charge in [-0.2, -0.15) is 13.2 Å². The molecule has 0 radical (unpaired) electrons. The van der Waals surface area contributed by atoms with Gasteiger partial charge in [-0.1, -0.05) is 0 Å². The van der Waals surface area contributed by atoms with E-state index >= 15 is 0 Å². The van der Waals surface area contributed by atoms with Gasteiger partial charge in [-0.05, 0) is 67.1 Å². The van der Waals surface area contributed by atoms with Crippen LogP contribution in [-0.4, -0.2) is 46.5 Å². The van der Waals surface area contributed by atoms with Gasteiger partial charge in [0.25, 0.3) is 5.91 Å². The van der Waals surface area contributed by atoms with Gasteiger partial charge < -0.3 is 24.3 Å². The molecule has 1 aromatic heterocycles. The fourth-order valence-corrected chi connectivity index (χ4v) is 5.94. The highest BCUT2D eigenvalue weighted by Crippen LogP contribution is 2.43. The molecular weight excluding hydrogens is 523 g/mol. The zero-order chi connectivity index (χ0) is 28.2. The summed E-state index contributed by atoms with van der Waals surface area (Å²) in [6, 6.07) is 8.20. The van der Waals surface area contributed by atoms with Crippen molar-refractivity contribution in [3.8, 4) is 5.75 Å². The van der Waals surface area contributed by atoms with Crippen LogP contribution in [0.25, 0.3) is 0 Å². The van der Waals surface area contributed by atoms with Crippen molar-refractivity contribution in [2.24, 2.45) is 13.0 Å². The first-order chi connectivity index (χ1) is 19.1. The Morgan fingerprint density at radius 2 is 1.98 bits per heavy atom. The van der Waals surface area contributed by atoms with Crippen molar-refractivity contribution in [3.05, 3.63) is 70.3 Å². The van der Waals surface area contributed by atoms with Crippen molar-refractivity contribution in [2.75, 3.05) is 25.2 Å². The summed E-state index contributed by atoms with van der Waals surface area (Å²) in [5.74, 6) is 0.724. The minimum Gasteiger partial charge on any atom is -0.497 e. The Kier molecular flexibility index (Phi) is 6.61. The summed E-state index contributed by atoms with van der Waals surface area (Å²) in [4.78, 5) is 15.1. The molecule has 1 amide bonds. The maximum Gasteiger partial charge on any atom is 0.416 e. The summed E-state index contributed by atoms with van der Waals surface area (Å²) in [6.45, 7) is 3.26. The molecule has 212 valence electrons. The summed E-state index contributed by atoms with van der Waals surface area (Å²) < 4.78 is 55.6. The highest BCUT2D eigenvalue weighted by Gasteiger charge is 2.41. The largest absolute Gasteiger partial charge is 0.497 e. The van der Waals surface area contributed by atoms with Crippen LogP contribution in [0.5, 0.6) is 5.75 Å². The van der Waals surface area contributed by atoms with Gasteiger partial charge in [0, 0.05) is 42.4 Å². The minimum atomic E-state index is -4.59. The molecule has 2 aromatic carbocycles. The molecule has 0 spiro atoms. The smallest absolute Gasteiger partial charge is 0.416 e. The predicted molar refractivity (Wildman–Crippen MR) is 141 cm³/mol. The molecule has 1 saturated heterocycles. The number of anilines is 1. The van der Waals surface area contributed by atoms with E-state index in [1.54, 1.807) is 18.5 Å². The van der Waals surface area contributed by atoms with Crippen LogP contribution in [0, 0.1) is 5.92 Å². The number of halogens is 3. The quantitative estimate of drug-likeness (QED) is 0.430. The van der Waals surface area contributed by atoms with Crippen molar-refractivity contribution < 1.29 is 27.4 Å². The molecule has 40 heavy (non-hydrogen) atoms. The lowest BCUT2D eigenvalue weighted by molar-refractivity contribution is -0.138. The molecule has 11 heteroatoms. The number of hydrogen-bond donors (Lipinski definition) is 1. The molecule has 2 aliphatic heterocycles. The van der Waals surface area contributed by atoms with Gasteiger partial charge in [0.05, 0.1) is 38.3 Å². The first-order valence-electron chi connectivity index (χ1n) is 13.5. The second-order valence-electron chi connectivity index (χ2n) is 11.4. The summed E-state index contributed by atoms with van der Waals surface area (Å²) in [5, 5.41) is 11.7. The highest BCUT2D eigenvalue weighted by atomic mass is 19.4. The normalized spacial score (nSPS) is 19.2. The van der Waals surface area contributed by atoms with Crippen molar-refractivity contribution in [1.29, 1.82) is 0 Å². The maximum absolute atomic E-state index is 14.3. The molecule has 6 rings (SSSR count). The third-order valence-corrected chi connectivity index (χ3v) is 8.56. The van der Waals surface area contributed by atoms with Gasteiger partial charge in [0.2, 0.25) is 0 Å². The van der Waals surface area contributed by atoms with E-state index in [0.29, 0.717) is 30.2 Å². The molecule has 3 heterocycles. The van der Waals surface area contributed by atoms with Crippen LogP contribution in [0.15, 0.2) is 36.7 Å². The third kappa shape index (κ3) is 4.75. The SMILES string of the molecule is COc1cc([C@@H](c2nncn2C)C2COC2)cc(N2Cc3c(cc(CNC4(C)CCC4)cc3C(F)(F)F)C2=O)c1. The number of aromatic nitrogens is 3. The lowest BCUT2D eigenvalue weighted by Crippen LogP contribution is -2.47. The number of rotatable bonds is 8. The highest BCUT2D eigenvalue weighted by molar-refractivity contribution is 6.10. The van der Waals surface area contributed by atoms with Crippen LogP contribution in [-0.2, 0) is 31.1 Å². The van der Waals surface area contributed by atoms with Crippen molar-refractivity contribution in [3.63, 3.8) is 0 Å². The first kappa shape index (κ1) is 26.8. The van der Waals surface area contributed by atoms with E-state index in [9.17, 15) is 18.0 Å². The average Bonchev–Trinajstić information content (AvgIpc) is 3.45. The molecule has 1 N–H and O–H groups in total. The van der Waals surface area contributed by atoms with Gasteiger partial charge in [-0.15, -0.1) is 10.2 Å². The fourth-order valence-electron chi connectivity index (χ4n) is 5.94. The number of methoxy groups -OCH3 is 1. The number of nitrogens with zero attached hydrogens (tertiary/aromatic N) is 4. The van der Waals surface area contributed by atoms with Gasteiger partial charge in [0.1, 0.15) is 17.9 Å². The van der Waals surface area contributed by atoms with Gasteiger partial charge in [-0.25, -0.2) is 0 Å². The van der Waals surface area contributed by atoms with Crippen LogP contribution in [0.2, 0.25) is 0 Å². The number of carbonyl (C=O) groups is 1. The van der Waals surface area contributed by atoms with E-state index in [2.05, 4.69) is 22.4 Å². The predicted octanol–water partition coefficient (Wildman–Crippen LogP) is 4.81. The lowest BCUT2D eigenvalue weighted by atomic mass is 9.78. The van der Waals surface area contributed by atoms with Crippen LogP contribution in [0.3, 0.4) is 0 Å². The second-order valence-corrected chi connectivity index (χ2v) is 11.4. The molecule has 0 bridgehead atoms. The Morgan fingerprint density at radius 3 is 2.55 bits per heavy atom. The number of hydrogen-bond acceptors (Lipinski definition) is 6. The summed E-state index contributed by atoms with van der Waals surface area (Å²) >= 11 is 0. The summed E-state index contributed by atoms with van der Waals surface area (Å²) in [7, 11) is 3.39. The minimum absolute atomic E-state index is 0.00211. The topological polar surface area (TPSA) is 81.5 Å². The van der Waals surface area contributed by atoms with Gasteiger partial charge in [-0.3, -0.25) is 4.79 Å². The standard InChI is InChI=1S/C29H32F3N5O3/c1-28(5-4-6-28)33-12-17-7-22-23(24(8-17)29(30,31)32)13-37(27(22)38)20-9-18(10-21(11-20)39-3)25(19-14-40-15-19)26-35-34-16-36(26)2/h7-11,16,19,25,33H,4-6,12-15H2,1-3H3/t25-/m1/s1. The Hall–Kier alpha value is -3.44. The zero-order valence-electron chi connectivity index (χ0n) is 22.7. The number of ether oxygens (including phenoxy) is 2. The number of carbonyl (C=O) groups excluding carboxylic acids is 1. The maximum atomic E-state index is 14.3. The average molecular weight is 556 g/mol. The number of aryl methyl sites for hydroxylation is 1. The van der Waals surface area contributed by atoms with Gasteiger partial charge in [0.15, 0.2) is 0 Å². The van der Waals surface area contributed by atoms with E-state index in [4.69, 9.17) is 9.47 Å². The third-order valence-electron chi connectivity index (χ3n) is 8.56. The Bertz CT molecular complexity index is 1450. The fraction of sp³-hybridized carbons (Fsp3) is 0.483. The van der Waals surface area contributed by atoms with Gasteiger partial charge >= 0.3 is 6.18 Å². The summed E-state index contributed by atoms with van der Waals surface area (Å²) in [6.07, 6.45) is 0.105. The molecule has 8 nitrogen and oxygen atoms in total. The van der Waals surface area contributed by atoms with Crippen LogP contribution in [0.4, 0.5) is 18.9 Å². The number of benzene rings is 2. The molecule has 2 fully saturated rings. The van der Waals surface area contributed by atoms with E-state index in [1.807, 2.05) is 23.7 Å². The van der Waals surface area contributed by atoms with Crippen LogP contribution < -0.4 is 15.0 Å². The Balaban J connectivity index is 1.37. The van der Waals surface area contributed by atoms with Crippen LogP contribution in [0.1, 0.15) is 70.5 Å². The number of amides is 1. The van der Waals surface area contributed by atoms with E-state index in [-0.39, 0.29) is 41.6 Å². The molecule has 3 aliphatic rings. The molecular formula is C29H32F3N5O3. The summed E-state index contributed by atoms with van der Waals surface area (Å²) in [5.41, 5.74) is 1.01. The number of fused-ring (bicyclic) bond motifs is 1. The molecule has 1 saturated carbocycles. The number of alkyl halides is 3. The zero-order valence-corrected chi connectivity index (χ0v) is 22.7. The van der Waals surface area contributed by atoms with E-state index in [1.165, 1.54) is 18.1 Å². The monoisotopic (exact) mass is 555 g/mol. The molecule has 3 aromatic rings. The van der Waals surface area contributed by atoms with Crippen molar-refractivity contribution in [2.45, 2.75) is 56.9 Å². The Morgan fingerprint density at radius 1 is 1.20 bits per heavy atom. The molecule has 0 unspecified atom stereocenters. The second kappa shape index (κ2) is 9.88. The lowest BCUT2D eigenvalue weighted by Gasteiger charge is -2.39. The van der Waals surface area contributed by atoms with Crippen LogP contribution >= 0.6 is 0 Å². The Labute approximate surface area is 230 Å². The molecule has 1 aliphatic carbocycles. The first-order valence-corrected chi connectivity index (χ1v) is 13.5.